The van der Waals surface area contributed by atoms with Crippen molar-refractivity contribution in [2.45, 2.75) is 12.1 Å². The zero-order chi connectivity index (χ0) is 20.4. The van der Waals surface area contributed by atoms with E-state index in [-0.39, 0.29) is 22.7 Å². The number of nitrogens with zero attached hydrogens (tertiary/aromatic N) is 3. The predicted octanol–water partition coefficient (Wildman–Crippen LogP) is 3.80. The number of aromatic amines is 1. The Morgan fingerprint density at radius 2 is 2.00 bits per heavy atom. The normalized spacial score (nSPS) is 11.0. The van der Waals surface area contributed by atoms with Crippen molar-refractivity contribution in [3.63, 3.8) is 0 Å². The van der Waals surface area contributed by atoms with Crippen molar-refractivity contribution < 1.29 is 4.79 Å². The number of hydrogen-bond donors (Lipinski definition) is 2. The molecule has 4 rings (SSSR count). The molecule has 29 heavy (non-hydrogen) atoms. The van der Waals surface area contributed by atoms with E-state index >= 15 is 0 Å². The van der Waals surface area contributed by atoms with Crippen molar-refractivity contribution in [1.29, 1.82) is 0 Å². The number of para-hydroxylation sites is 1. The summed E-state index contributed by atoms with van der Waals surface area (Å²) in [5.74, 6) is -0.0890. The van der Waals surface area contributed by atoms with Crippen molar-refractivity contribution in [2.24, 2.45) is 0 Å². The Bertz CT molecular complexity index is 1250. The lowest BCUT2D eigenvalue weighted by Gasteiger charge is -2.10. The van der Waals surface area contributed by atoms with Crippen LogP contribution in [0.2, 0.25) is 5.02 Å². The summed E-state index contributed by atoms with van der Waals surface area (Å²) in [5, 5.41) is 3.96. The van der Waals surface area contributed by atoms with Gasteiger partial charge in [-0.05, 0) is 36.8 Å². The molecule has 0 saturated heterocycles. The maximum atomic E-state index is 12.5. The summed E-state index contributed by atoms with van der Waals surface area (Å²) < 4.78 is 1.77. The number of nitrogens with one attached hydrogen (secondary N) is 2. The van der Waals surface area contributed by atoms with Crippen LogP contribution in [0.4, 0.5) is 5.69 Å². The second kappa shape index (κ2) is 8.10. The zero-order valence-corrected chi connectivity index (χ0v) is 16.9. The summed E-state index contributed by atoms with van der Waals surface area (Å²) in [5.41, 5.74) is 2.61. The highest BCUT2D eigenvalue weighted by Gasteiger charge is 2.17. The average molecular weight is 426 g/mol. The van der Waals surface area contributed by atoms with E-state index in [4.69, 9.17) is 11.6 Å². The van der Waals surface area contributed by atoms with Crippen LogP contribution in [0.25, 0.3) is 16.9 Å². The second-order valence-corrected chi connectivity index (χ2v) is 7.57. The minimum Gasteiger partial charge on any atom is -0.325 e. The summed E-state index contributed by atoms with van der Waals surface area (Å²) in [4.78, 5) is 35.9. The first-order valence-corrected chi connectivity index (χ1v) is 10.1. The number of hydrogen-bond acceptors (Lipinski definition) is 5. The van der Waals surface area contributed by atoms with E-state index in [1.54, 1.807) is 22.8 Å². The molecule has 7 nitrogen and oxygen atoms in total. The van der Waals surface area contributed by atoms with Gasteiger partial charge in [0.05, 0.1) is 12.1 Å². The van der Waals surface area contributed by atoms with Crippen LogP contribution in [0.1, 0.15) is 5.56 Å². The third kappa shape index (κ3) is 3.90. The number of fused-ring (bicyclic) bond motifs is 1. The van der Waals surface area contributed by atoms with Crippen molar-refractivity contribution in [3.05, 3.63) is 75.8 Å². The molecule has 2 N–H and O–H groups in total. The first-order valence-electron chi connectivity index (χ1n) is 8.74. The largest absolute Gasteiger partial charge is 0.325 e. The van der Waals surface area contributed by atoms with Gasteiger partial charge in [-0.15, -0.1) is 0 Å². The highest BCUT2D eigenvalue weighted by atomic mass is 35.5. The molecular formula is C20H16ClN5O2S. The van der Waals surface area contributed by atoms with Crippen molar-refractivity contribution in [2.75, 3.05) is 11.1 Å². The molecule has 0 radical (unpaired) electrons. The smallest absolute Gasteiger partial charge is 0.278 e. The Labute approximate surface area is 175 Å². The number of halogens is 1. The summed E-state index contributed by atoms with van der Waals surface area (Å²) >= 11 is 7.34. The lowest BCUT2D eigenvalue weighted by atomic mass is 10.2. The number of H-pyrrole nitrogens is 1. The number of rotatable bonds is 5. The fourth-order valence-electron chi connectivity index (χ4n) is 2.85. The third-order valence-electron chi connectivity index (χ3n) is 4.31. The molecule has 0 unspecified atom stereocenters. The summed E-state index contributed by atoms with van der Waals surface area (Å²) in [6, 6.07) is 14.8. The van der Waals surface area contributed by atoms with Crippen molar-refractivity contribution in [1.82, 2.24) is 19.5 Å². The minimum atomic E-state index is -0.328. The molecule has 0 aliphatic carbocycles. The third-order valence-corrected chi connectivity index (χ3v) is 5.66. The highest BCUT2D eigenvalue weighted by Crippen LogP contribution is 2.26. The molecule has 9 heteroatoms. The Morgan fingerprint density at radius 3 is 2.79 bits per heavy atom. The summed E-state index contributed by atoms with van der Waals surface area (Å²) in [6.07, 6.45) is 1.34. The number of anilines is 1. The lowest BCUT2D eigenvalue weighted by Crippen LogP contribution is -2.15. The number of thioether (sulfide) groups is 1. The van der Waals surface area contributed by atoms with Gasteiger partial charge in [-0.25, -0.2) is 9.97 Å². The summed E-state index contributed by atoms with van der Waals surface area (Å²) in [6.45, 7) is 1.85. The van der Waals surface area contributed by atoms with Crippen LogP contribution in [0.15, 0.2) is 64.8 Å². The lowest BCUT2D eigenvalue weighted by molar-refractivity contribution is -0.113. The van der Waals surface area contributed by atoms with Crippen molar-refractivity contribution >= 4 is 46.1 Å². The Morgan fingerprint density at radius 1 is 1.21 bits per heavy atom. The maximum absolute atomic E-state index is 12.5. The van der Waals surface area contributed by atoms with Gasteiger partial charge in [-0.3, -0.25) is 14.2 Å². The van der Waals surface area contributed by atoms with E-state index in [2.05, 4.69) is 20.3 Å². The molecule has 1 amide bonds. The molecule has 2 heterocycles. The molecule has 0 aliphatic rings. The molecule has 146 valence electrons. The topological polar surface area (TPSA) is 92.7 Å². The standard InChI is InChI=1S/C20H16ClN5O2S/c1-12-14(21)8-5-9-15(12)24-16(27)10-29-20-25-17-18(22-11-23-19(17)28)26(20)13-6-3-2-4-7-13/h2-9,11H,10H2,1H3,(H,24,27)(H,22,23,28). The van der Waals surface area contributed by atoms with Gasteiger partial charge in [0, 0.05) is 16.4 Å². The molecule has 0 spiro atoms. The Kier molecular flexibility index (Phi) is 5.37. The quantitative estimate of drug-likeness (QED) is 0.474. The van der Waals surface area contributed by atoms with Crippen LogP contribution in [-0.4, -0.2) is 31.2 Å². The first-order chi connectivity index (χ1) is 14.0. The van der Waals surface area contributed by atoms with Crippen LogP contribution >= 0.6 is 23.4 Å². The Hall–Kier alpha value is -3.10. The molecule has 0 bridgehead atoms. The number of imidazole rings is 1. The molecule has 2 aromatic carbocycles. The van der Waals surface area contributed by atoms with Gasteiger partial charge < -0.3 is 10.3 Å². The molecule has 0 aliphatic heterocycles. The maximum Gasteiger partial charge on any atom is 0.278 e. The van der Waals surface area contributed by atoms with Gasteiger partial charge >= 0.3 is 0 Å². The first kappa shape index (κ1) is 19.2. The fraction of sp³-hybridized carbons (Fsp3) is 0.100. The van der Waals surface area contributed by atoms with Crippen LogP contribution < -0.4 is 10.9 Å². The van der Waals surface area contributed by atoms with Gasteiger partial charge in [0.1, 0.15) is 0 Å². The SMILES string of the molecule is Cc1c(Cl)cccc1NC(=O)CSc1nc2c(=O)[nH]cnc2n1-c1ccccc1. The van der Waals surface area contributed by atoms with Crippen LogP contribution in [0.5, 0.6) is 0 Å². The zero-order valence-electron chi connectivity index (χ0n) is 15.3. The summed E-state index contributed by atoms with van der Waals surface area (Å²) in [7, 11) is 0. The monoisotopic (exact) mass is 425 g/mol. The van der Waals surface area contributed by atoms with Crippen LogP contribution in [0, 0.1) is 6.92 Å². The predicted molar refractivity (Wildman–Crippen MR) is 115 cm³/mol. The van der Waals surface area contributed by atoms with Gasteiger partial charge in [-0.2, -0.15) is 0 Å². The van der Waals surface area contributed by atoms with Gasteiger partial charge in [0.2, 0.25) is 5.91 Å². The van der Waals surface area contributed by atoms with E-state index in [9.17, 15) is 9.59 Å². The van der Waals surface area contributed by atoms with E-state index in [0.29, 0.717) is 21.5 Å². The van der Waals surface area contributed by atoms with E-state index in [1.165, 1.54) is 18.1 Å². The van der Waals surface area contributed by atoms with E-state index < -0.39 is 0 Å². The molecule has 4 aromatic rings. The molecule has 0 saturated carbocycles. The molecule has 0 fully saturated rings. The van der Waals surface area contributed by atoms with Gasteiger partial charge in [0.25, 0.3) is 5.56 Å². The van der Waals surface area contributed by atoms with Crippen LogP contribution in [-0.2, 0) is 4.79 Å². The minimum absolute atomic E-state index is 0.111. The van der Waals surface area contributed by atoms with E-state index in [1.807, 2.05) is 37.3 Å². The molecule has 0 atom stereocenters. The molecular weight excluding hydrogens is 410 g/mol. The van der Waals surface area contributed by atoms with Gasteiger partial charge in [-0.1, -0.05) is 47.6 Å². The second-order valence-electron chi connectivity index (χ2n) is 6.22. The number of amides is 1. The number of carbonyl (C=O) groups excluding carboxylic acids is 1. The highest BCUT2D eigenvalue weighted by molar-refractivity contribution is 7.99. The fourth-order valence-corrected chi connectivity index (χ4v) is 3.83. The van der Waals surface area contributed by atoms with Gasteiger partial charge in [0.15, 0.2) is 16.3 Å². The number of aromatic nitrogens is 4. The van der Waals surface area contributed by atoms with Crippen LogP contribution in [0.3, 0.4) is 0 Å². The van der Waals surface area contributed by atoms with E-state index in [0.717, 1.165) is 11.3 Å². The molecule has 2 aromatic heterocycles. The van der Waals surface area contributed by atoms with Crippen molar-refractivity contribution in [3.8, 4) is 5.69 Å². The Balaban J connectivity index is 1.63. The number of carbonyl (C=O) groups is 1. The number of benzene rings is 2. The average Bonchev–Trinajstić information content (AvgIpc) is 3.10.